The highest BCUT2D eigenvalue weighted by Crippen LogP contribution is 2.52. The van der Waals surface area contributed by atoms with Crippen LogP contribution in [-0.4, -0.2) is 19.1 Å². The Kier molecular flexibility index (Phi) is 5.51. The van der Waals surface area contributed by atoms with Crippen molar-refractivity contribution in [2.45, 2.75) is 0 Å². The van der Waals surface area contributed by atoms with Gasteiger partial charge in [0, 0.05) is 73.1 Å². The molecule has 0 saturated carbocycles. The average molecular weight is 747 g/mol. The van der Waals surface area contributed by atoms with Crippen molar-refractivity contribution in [2.75, 3.05) is 0 Å². The molecule has 0 unspecified atom stereocenters. The first kappa shape index (κ1) is 29.5. The van der Waals surface area contributed by atoms with Crippen molar-refractivity contribution >= 4 is 128 Å². The zero-order valence-electron chi connectivity index (χ0n) is 29.6. The third-order valence-electron chi connectivity index (χ3n) is 12.0. The molecule has 14 rings (SSSR count). The highest BCUT2D eigenvalue weighted by molar-refractivity contribution is 7.26. The van der Waals surface area contributed by atoms with E-state index in [-0.39, 0.29) is 0 Å². The summed E-state index contributed by atoms with van der Waals surface area (Å²) in [6.45, 7) is 0. The Labute approximate surface area is 326 Å². The lowest BCUT2D eigenvalue weighted by Crippen LogP contribution is -2.04. The molecule has 9 aromatic carbocycles. The normalized spacial score (nSPS) is 12.6. The summed E-state index contributed by atoms with van der Waals surface area (Å²) in [4.78, 5) is 11.1. The van der Waals surface area contributed by atoms with Gasteiger partial charge in [-0.05, 0) is 83.6 Å². The third-order valence-corrected chi connectivity index (χ3v) is 14.3. The smallest absolute Gasteiger partial charge is 0.165 e. The summed E-state index contributed by atoms with van der Waals surface area (Å²) >= 11 is 3.73. The molecule has 0 aliphatic carbocycles. The highest BCUT2D eigenvalue weighted by Gasteiger charge is 2.28. The van der Waals surface area contributed by atoms with E-state index in [9.17, 15) is 0 Å². The molecule has 14 aromatic rings. The fraction of sp³-hybridized carbons (Fsp3) is 0. The van der Waals surface area contributed by atoms with Crippen LogP contribution in [0.4, 0.5) is 0 Å². The highest BCUT2D eigenvalue weighted by atomic mass is 32.1. The van der Waals surface area contributed by atoms with E-state index in [1.165, 1.54) is 83.7 Å². The lowest BCUT2D eigenvalue weighted by atomic mass is 9.95. The monoisotopic (exact) mass is 746 g/mol. The number of rotatable bonds is 3. The van der Waals surface area contributed by atoms with E-state index in [1.54, 1.807) is 0 Å². The summed E-state index contributed by atoms with van der Waals surface area (Å²) in [7, 11) is 0. The molecule has 5 heterocycles. The molecule has 0 amide bonds. The van der Waals surface area contributed by atoms with E-state index in [4.69, 9.17) is 9.97 Å². The molecule has 0 fully saturated rings. The van der Waals surface area contributed by atoms with Crippen LogP contribution in [0.25, 0.3) is 129 Å². The standard InChI is InChI=1S/C50H26N4S2/c1-2-11-27(12-3-1)53-34-19-8-14-28-29-15-9-22-40-44(29)48-41(56-40)26-25-37-47(48)46-36(24-23-35(53)45(46)43(28)34)54(37)50-49(51-32-17-5-6-18-33(32)52-50)31-16-10-21-39-42(31)30-13-4-7-20-38(30)55-39/h1-26H. The van der Waals surface area contributed by atoms with Gasteiger partial charge in [0.15, 0.2) is 5.82 Å². The molecule has 0 atom stereocenters. The van der Waals surface area contributed by atoms with Gasteiger partial charge < -0.3 is 4.57 Å². The fourth-order valence-electron chi connectivity index (χ4n) is 9.88. The molecule has 56 heavy (non-hydrogen) atoms. The molecule has 0 bridgehead atoms. The molecule has 0 spiro atoms. The Bertz CT molecular complexity index is 3940. The maximum Gasteiger partial charge on any atom is 0.165 e. The van der Waals surface area contributed by atoms with E-state index < -0.39 is 0 Å². The summed E-state index contributed by atoms with van der Waals surface area (Å²) in [5.41, 5.74) is 9.59. The second-order valence-corrected chi connectivity index (χ2v) is 17.0. The van der Waals surface area contributed by atoms with E-state index in [2.05, 4.69) is 167 Å². The van der Waals surface area contributed by atoms with Crippen molar-refractivity contribution < 1.29 is 0 Å². The van der Waals surface area contributed by atoms with Gasteiger partial charge in [0.1, 0.15) is 5.69 Å². The summed E-state index contributed by atoms with van der Waals surface area (Å²) in [6.07, 6.45) is 0. The number of para-hydroxylation sites is 3. The van der Waals surface area contributed by atoms with Crippen molar-refractivity contribution in [3.8, 4) is 22.8 Å². The first-order chi connectivity index (χ1) is 27.8. The summed E-state index contributed by atoms with van der Waals surface area (Å²) < 4.78 is 10.0. The van der Waals surface area contributed by atoms with Gasteiger partial charge >= 0.3 is 0 Å². The Morgan fingerprint density at radius 1 is 0.339 bits per heavy atom. The quantitative estimate of drug-likeness (QED) is 0.180. The zero-order chi connectivity index (χ0) is 36.2. The lowest BCUT2D eigenvalue weighted by Gasteiger charge is -2.15. The van der Waals surface area contributed by atoms with Crippen LogP contribution in [0.5, 0.6) is 0 Å². The second kappa shape index (κ2) is 10.5. The van der Waals surface area contributed by atoms with Crippen LogP contribution < -0.4 is 0 Å². The molecule has 0 saturated heterocycles. The number of fused-ring (bicyclic) bond motifs is 5. The Morgan fingerprint density at radius 3 is 1.75 bits per heavy atom. The van der Waals surface area contributed by atoms with Crippen molar-refractivity contribution in [1.82, 2.24) is 19.1 Å². The van der Waals surface area contributed by atoms with Crippen LogP contribution in [0, 0.1) is 0 Å². The van der Waals surface area contributed by atoms with Crippen LogP contribution in [0.3, 0.4) is 0 Å². The second-order valence-electron chi connectivity index (χ2n) is 14.8. The minimum absolute atomic E-state index is 0.844. The zero-order valence-corrected chi connectivity index (χ0v) is 31.2. The first-order valence-corrected chi connectivity index (χ1v) is 20.6. The van der Waals surface area contributed by atoms with E-state index in [0.717, 1.165) is 44.8 Å². The fourth-order valence-corrected chi connectivity index (χ4v) is 12.1. The van der Waals surface area contributed by atoms with Gasteiger partial charge in [-0.3, -0.25) is 4.57 Å². The molecule has 4 nitrogen and oxygen atoms in total. The number of aromatic nitrogens is 4. The number of hydrogen-bond donors (Lipinski definition) is 0. The van der Waals surface area contributed by atoms with Crippen LogP contribution in [-0.2, 0) is 0 Å². The molecule has 6 heteroatoms. The van der Waals surface area contributed by atoms with Gasteiger partial charge in [-0.1, -0.05) is 84.9 Å². The van der Waals surface area contributed by atoms with Gasteiger partial charge in [0.25, 0.3) is 0 Å². The van der Waals surface area contributed by atoms with Crippen LogP contribution in [0.15, 0.2) is 158 Å². The predicted molar refractivity (Wildman–Crippen MR) is 239 cm³/mol. The lowest BCUT2D eigenvalue weighted by molar-refractivity contribution is 1.08. The third kappa shape index (κ3) is 3.59. The van der Waals surface area contributed by atoms with Crippen LogP contribution in [0.1, 0.15) is 0 Å². The van der Waals surface area contributed by atoms with Gasteiger partial charge in [0.05, 0.1) is 33.1 Å². The van der Waals surface area contributed by atoms with E-state index in [0.29, 0.717) is 0 Å². The van der Waals surface area contributed by atoms with Crippen molar-refractivity contribution in [3.05, 3.63) is 158 Å². The Morgan fingerprint density at radius 2 is 0.893 bits per heavy atom. The van der Waals surface area contributed by atoms with Gasteiger partial charge in [-0.25, -0.2) is 9.97 Å². The molecular formula is C50H26N4S2. The van der Waals surface area contributed by atoms with Crippen molar-refractivity contribution in [3.63, 3.8) is 0 Å². The average Bonchev–Trinajstić information content (AvgIpc) is 4.00. The molecule has 0 N–H and O–H groups in total. The first-order valence-electron chi connectivity index (χ1n) is 18.9. The molecule has 0 aliphatic heterocycles. The SMILES string of the molecule is c1ccc(-n2c3cccc4c5cccc6sc7ccc8c(c7c65)c5c(c43)c2ccc5n8-c2nc3ccccc3nc2-c2cccc3sc4ccccc4c23)cc1. The van der Waals surface area contributed by atoms with E-state index in [1.807, 2.05) is 22.7 Å². The van der Waals surface area contributed by atoms with Crippen LogP contribution in [0.2, 0.25) is 0 Å². The minimum Gasteiger partial charge on any atom is -0.309 e. The number of hydrogen-bond acceptors (Lipinski definition) is 4. The largest absolute Gasteiger partial charge is 0.309 e. The summed E-state index contributed by atoms with van der Waals surface area (Å²) in [6, 6.07) is 57.5. The topological polar surface area (TPSA) is 35.6 Å². The number of nitrogens with zero attached hydrogens (tertiary/aromatic N) is 4. The Balaban J connectivity index is 1.25. The maximum atomic E-state index is 5.60. The molecule has 5 aromatic heterocycles. The molecule has 0 radical (unpaired) electrons. The Hall–Kier alpha value is -6.86. The minimum atomic E-state index is 0.844. The summed E-state index contributed by atoms with van der Waals surface area (Å²) in [5, 5.41) is 12.8. The van der Waals surface area contributed by atoms with Crippen molar-refractivity contribution in [1.29, 1.82) is 0 Å². The van der Waals surface area contributed by atoms with Crippen molar-refractivity contribution in [2.24, 2.45) is 0 Å². The number of thiophene rings is 2. The van der Waals surface area contributed by atoms with Gasteiger partial charge in [-0.15, -0.1) is 22.7 Å². The van der Waals surface area contributed by atoms with Gasteiger partial charge in [0.2, 0.25) is 0 Å². The molecule has 258 valence electrons. The maximum absolute atomic E-state index is 5.60. The number of benzene rings is 8. The summed E-state index contributed by atoms with van der Waals surface area (Å²) in [5.74, 6) is 0.844. The molecular weight excluding hydrogens is 721 g/mol. The molecule has 0 aliphatic rings. The van der Waals surface area contributed by atoms with Gasteiger partial charge in [-0.2, -0.15) is 0 Å². The van der Waals surface area contributed by atoms with E-state index >= 15 is 0 Å². The van der Waals surface area contributed by atoms with Crippen LogP contribution >= 0.6 is 22.7 Å². The predicted octanol–water partition coefficient (Wildman–Crippen LogP) is 14.3.